The number of carbonyl (C=O) groups is 1. The Bertz CT molecular complexity index is 141. The van der Waals surface area contributed by atoms with Gasteiger partial charge in [-0.3, -0.25) is 4.79 Å². The van der Waals surface area contributed by atoms with Crippen LogP contribution in [0.5, 0.6) is 0 Å². The molecule has 0 rings (SSSR count). The van der Waals surface area contributed by atoms with E-state index in [0.29, 0.717) is 0 Å². The molecule has 0 bridgehead atoms. The molecule has 0 radical (unpaired) electrons. The molecule has 0 aliphatic heterocycles. The summed E-state index contributed by atoms with van der Waals surface area (Å²) in [4.78, 5) is 18.1. The third kappa shape index (κ3) is 22.6. The van der Waals surface area contributed by atoms with Crippen LogP contribution in [0.2, 0.25) is 0 Å². The number of rotatable bonds is 2. The fraction of sp³-hybridized carbons (Fsp3) is 0.667. The summed E-state index contributed by atoms with van der Waals surface area (Å²) in [5.74, 6) is -0.954. The summed E-state index contributed by atoms with van der Waals surface area (Å²) in [7, 11) is 0. The fourth-order valence-corrected chi connectivity index (χ4v) is 0.214. The molecule has 0 aliphatic rings. The van der Waals surface area contributed by atoms with Crippen molar-refractivity contribution in [3.8, 4) is 0 Å². The quantitative estimate of drug-likeness (QED) is 0.247. The van der Waals surface area contributed by atoms with Crippen LogP contribution in [0.1, 0.15) is 0 Å². The summed E-state index contributed by atoms with van der Waals surface area (Å²) in [6.45, 7) is 0. The van der Waals surface area contributed by atoms with Gasteiger partial charge in [-0.25, -0.2) is 0 Å². The molecular formula is C3H7AgN2O5S. The van der Waals surface area contributed by atoms with E-state index in [1.807, 2.05) is 0 Å². The van der Waals surface area contributed by atoms with Crippen molar-refractivity contribution in [2.24, 2.45) is 5.73 Å². The van der Waals surface area contributed by atoms with E-state index in [0.717, 1.165) is 0 Å². The zero-order chi connectivity index (χ0) is 9.44. The van der Waals surface area contributed by atoms with Crippen molar-refractivity contribution in [1.82, 2.24) is 0 Å². The van der Waals surface area contributed by atoms with Gasteiger partial charge >= 0.3 is 28.3 Å². The second-order valence-electron chi connectivity index (χ2n) is 1.35. The van der Waals surface area contributed by atoms with Crippen LogP contribution in [0.25, 0.3) is 0 Å². The third-order valence-corrected chi connectivity index (χ3v) is 0.856. The van der Waals surface area contributed by atoms with Crippen LogP contribution in [0.4, 0.5) is 0 Å². The molecule has 0 fully saturated rings. The van der Waals surface area contributed by atoms with Crippen LogP contribution in [0, 0.1) is 10.1 Å². The first kappa shape index (κ1) is 17.7. The summed E-state index contributed by atoms with van der Waals surface area (Å²) in [6, 6.07) is -0.866. The number of aliphatic carboxylic acids is 1. The van der Waals surface area contributed by atoms with E-state index >= 15 is 0 Å². The number of nitrogens with two attached hydrogens (primary N) is 1. The maximum Gasteiger partial charge on any atom is 1.00 e. The molecule has 4 N–H and O–H groups in total. The minimum atomic E-state index is -1.50. The van der Waals surface area contributed by atoms with Gasteiger partial charge in [-0.15, -0.1) is 10.1 Å². The summed E-state index contributed by atoms with van der Waals surface area (Å²) in [5, 5.41) is 21.6. The molecule has 0 aromatic carbocycles. The average Bonchev–Trinajstić information content (AvgIpc) is 1.85. The largest absolute Gasteiger partial charge is 1.00 e. The average molecular weight is 291 g/mol. The number of nitrogens with zero attached hydrogens (tertiary/aromatic N) is 1. The maximum atomic E-state index is 9.74. The minimum Gasteiger partial charge on any atom is -0.791 e. The van der Waals surface area contributed by atoms with Crippen molar-refractivity contribution < 1.29 is 42.6 Å². The predicted molar refractivity (Wildman–Crippen MR) is 36.6 cm³/mol. The van der Waals surface area contributed by atoms with Gasteiger partial charge in [-0.2, -0.15) is 5.75 Å². The Morgan fingerprint density at radius 2 is 2.00 bits per heavy atom. The van der Waals surface area contributed by atoms with Gasteiger partial charge in [0.15, 0.2) is 0 Å². The molecule has 0 amide bonds. The molecule has 0 aromatic rings. The molecule has 0 aromatic heterocycles. The monoisotopic (exact) mass is 290 g/mol. The van der Waals surface area contributed by atoms with E-state index in [2.05, 4.69) is 12.6 Å². The summed E-state index contributed by atoms with van der Waals surface area (Å²) in [6.07, 6.45) is 0. The van der Waals surface area contributed by atoms with Gasteiger partial charge in [0.05, 0.1) is 6.04 Å². The molecule has 12 heavy (non-hydrogen) atoms. The fourth-order valence-electron chi connectivity index (χ4n) is 0.0713. The van der Waals surface area contributed by atoms with Crippen molar-refractivity contribution in [3.05, 3.63) is 10.1 Å². The topological polar surface area (TPSA) is 127 Å². The van der Waals surface area contributed by atoms with E-state index in [4.69, 9.17) is 26.2 Å². The second kappa shape index (κ2) is 10.7. The first-order valence-corrected chi connectivity index (χ1v) is 2.89. The molecule has 0 unspecified atom stereocenters. The van der Waals surface area contributed by atoms with Crippen molar-refractivity contribution in [1.29, 1.82) is 0 Å². The van der Waals surface area contributed by atoms with Crippen LogP contribution >= 0.6 is 0 Å². The third-order valence-electron chi connectivity index (χ3n) is 0.497. The Hall–Kier alpha value is -0.280. The summed E-state index contributed by atoms with van der Waals surface area (Å²) in [5.41, 5.74) is 4.91. The Morgan fingerprint density at radius 1 is 1.75 bits per heavy atom. The second-order valence-corrected chi connectivity index (χ2v) is 1.68. The van der Waals surface area contributed by atoms with E-state index in [-0.39, 0.29) is 28.1 Å². The molecule has 1 atom stereocenters. The van der Waals surface area contributed by atoms with Crippen molar-refractivity contribution >= 4 is 18.6 Å². The molecule has 0 saturated heterocycles. The SMILES string of the molecule is N[C@@H](C[S-])C(=O)O.O=[N+]([O-])O.[Ag+]. The zero-order valence-electron chi connectivity index (χ0n) is 5.64. The van der Waals surface area contributed by atoms with E-state index in [1.165, 1.54) is 0 Å². The predicted octanol–water partition coefficient (Wildman–Crippen LogP) is -1.40. The molecule has 0 heterocycles. The van der Waals surface area contributed by atoms with Crippen molar-refractivity contribution in [3.63, 3.8) is 0 Å². The van der Waals surface area contributed by atoms with Crippen LogP contribution in [0.3, 0.4) is 0 Å². The summed E-state index contributed by atoms with van der Waals surface area (Å²) >= 11 is 4.35. The smallest absolute Gasteiger partial charge is 0.791 e. The first-order valence-electron chi connectivity index (χ1n) is 2.31. The Balaban J connectivity index is -0.000000142. The van der Waals surface area contributed by atoms with Gasteiger partial charge in [-0.1, -0.05) is 0 Å². The maximum absolute atomic E-state index is 9.74. The molecule has 0 spiro atoms. The van der Waals surface area contributed by atoms with Gasteiger partial charge in [-0.05, 0) is 0 Å². The Labute approximate surface area is 89.0 Å². The van der Waals surface area contributed by atoms with Gasteiger partial charge in [0.1, 0.15) is 0 Å². The van der Waals surface area contributed by atoms with E-state index in [9.17, 15) is 4.79 Å². The van der Waals surface area contributed by atoms with Crippen LogP contribution < -0.4 is 5.73 Å². The molecule has 76 valence electrons. The van der Waals surface area contributed by atoms with E-state index < -0.39 is 17.1 Å². The van der Waals surface area contributed by atoms with Crippen LogP contribution in [0.15, 0.2) is 0 Å². The van der Waals surface area contributed by atoms with Gasteiger partial charge < -0.3 is 28.7 Å². The number of carboxylic acids is 1. The molecular weight excluding hydrogens is 284 g/mol. The number of hydrogen-bond acceptors (Lipinski definition) is 5. The molecule has 0 aliphatic carbocycles. The molecule has 9 heteroatoms. The number of carboxylic acid groups (broad SMARTS) is 1. The first-order chi connectivity index (χ1) is 4.91. The Kier molecular flexibility index (Phi) is 15.8. The van der Waals surface area contributed by atoms with Gasteiger partial charge in [0.2, 0.25) is 0 Å². The minimum absolute atomic E-state index is 0. The van der Waals surface area contributed by atoms with Crippen LogP contribution in [-0.4, -0.2) is 33.2 Å². The zero-order valence-corrected chi connectivity index (χ0v) is 7.94. The van der Waals surface area contributed by atoms with E-state index in [1.54, 1.807) is 0 Å². The van der Waals surface area contributed by atoms with Gasteiger partial charge in [0, 0.05) is 0 Å². The van der Waals surface area contributed by atoms with Crippen molar-refractivity contribution in [2.45, 2.75) is 6.04 Å². The normalized spacial score (nSPS) is 9.83. The molecule has 0 saturated carbocycles. The van der Waals surface area contributed by atoms with Crippen molar-refractivity contribution in [2.75, 3.05) is 5.75 Å². The van der Waals surface area contributed by atoms with Gasteiger partial charge in [0.25, 0.3) is 5.09 Å². The van der Waals surface area contributed by atoms with Crippen LogP contribution in [-0.2, 0) is 39.8 Å². The Morgan fingerprint density at radius 3 is 2.00 bits per heavy atom. The standard InChI is InChI=1S/C3H7NO2S.Ag.HNO3/c4-2(1-7)3(5)6;;2-1(3)4/h2,7H,1,4H2,(H,5,6);;(H,2,3,4)/q;+1;/p-1/t2-;;/m0../s1. The summed E-state index contributed by atoms with van der Waals surface area (Å²) < 4.78 is 0. The number of hydrogen-bond donors (Lipinski definition) is 3. The molecule has 7 nitrogen and oxygen atoms in total.